The summed E-state index contributed by atoms with van der Waals surface area (Å²) in [7, 11) is 0. The highest BCUT2D eigenvalue weighted by molar-refractivity contribution is 5.31. The summed E-state index contributed by atoms with van der Waals surface area (Å²) in [5.41, 5.74) is 6.24. The fraction of sp³-hybridized carbons (Fsp3) is 0.647. The molecule has 0 heterocycles. The Balaban J connectivity index is 1.65. The molecule has 2 nitrogen and oxygen atoms in total. The van der Waals surface area contributed by atoms with Crippen LogP contribution in [0.15, 0.2) is 12.1 Å². The first-order chi connectivity index (χ1) is 10.0. The summed E-state index contributed by atoms with van der Waals surface area (Å²) in [6.07, 6.45) is 5.44. The molecule has 0 spiro atoms. The lowest BCUT2D eigenvalue weighted by molar-refractivity contribution is 0.183. The van der Waals surface area contributed by atoms with Gasteiger partial charge in [-0.15, -0.1) is 0 Å². The van der Waals surface area contributed by atoms with Gasteiger partial charge in [0.05, 0.1) is 6.61 Å². The Kier molecular flexibility index (Phi) is 4.16. The summed E-state index contributed by atoms with van der Waals surface area (Å²) in [5.74, 6) is 0.505. The topological polar surface area (TPSA) is 35.2 Å². The van der Waals surface area contributed by atoms with Crippen molar-refractivity contribution in [1.29, 1.82) is 0 Å². The predicted octanol–water partition coefficient (Wildman–Crippen LogP) is 3.67. The predicted molar refractivity (Wildman–Crippen MR) is 78.1 cm³/mol. The van der Waals surface area contributed by atoms with Crippen LogP contribution < -0.4 is 10.5 Å². The third-order valence-corrected chi connectivity index (χ3v) is 4.94. The first-order valence-electron chi connectivity index (χ1n) is 7.89. The lowest BCUT2D eigenvalue weighted by Gasteiger charge is -2.22. The van der Waals surface area contributed by atoms with E-state index in [0.717, 1.165) is 12.3 Å². The number of hydrogen-bond acceptors (Lipinski definition) is 2. The van der Waals surface area contributed by atoms with Crippen molar-refractivity contribution in [2.75, 3.05) is 6.61 Å². The van der Waals surface area contributed by atoms with Crippen LogP contribution in [0.2, 0.25) is 0 Å². The van der Waals surface area contributed by atoms with Gasteiger partial charge in [-0.05, 0) is 68.1 Å². The molecule has 2 aliphatic carbocycles. The molecule has 0 saturated heterocycles. The number of halogens is 2. The number of hydrogen-bond donors (Lipinski definition) is 1. The van der Waals surface area contributed by atoms with Crippen LogP contribution in [-0.2, 0) is 6.42 Å². The molecule has 4 atom stereocenters. The average molecular weight is 295 g/mol. The zero-order valence-electron chi connectivity index (χ0n) is 12.4. The smallest absolute Gasteiger partial charge is 0.190 e. The summed E-state index contributed by atoms with van der Waals surface area (Å²) in [6.45, 7) is 2.25. The Morgan fingerprint density at radius 2 is 1.95 bits per heavy atom. The van der Waals surface area contributed by atoms with Crippen molar-refractivity contribution in [1.82, 2.24) is 0 Å². The van der Waals surface area contributed by atoms with Crippen LogP contribution >= 0.6 is 0 Å². The van der Waals surface area contributed by atoms with Gasteiger partial charge >= 0.3 is 0 Å². The second-order valence-corrected chi connectivity index (χ2v) is 6.82. The maximum Gasteiger partial charge on any atom is 0.190 e. The van der Waals surface area contributed by atoms with Crippen molar-refractivity contribution >= 4 is 0 Å². The quantitative estimate of drug-likeness (QED) is 0.899. The molecule has 0 aliphatic heterocycles. The summed E-state index contributed by atoms with van der Waals surface area (Å²) in [6, 6.07) is 2.55. The van der Waals surface area contributed by atoms with Gasteiger partial charge < -0.3 is 10.5 Å². The highest BCUT2D eigenvalue weighted by Crippen LogP contribution is 2.48. The molecule has 1 aromatic carbocycles. The molecule has 4 unspecified atom stereocenters. The van der Waals surface area contributed by atoms with Crippen LogP contribution in [0.4, 0.5) is 8.78 Å². The zero-order chi connectivity index (χ0) is 15.0. The first-order valence-corrected chi connectivity index (χ1v) is 7.89. The van der Waals surface area contributed by atoms with Gasteiger partial charge in [-0.3, -0.25) is 0 Å². The van der Waals surface area contributed by atoms with Crippen LogP contribution in [0.5, 0.6) is 5.75 Å². The molecule has 21 heavy (non-hydrogen) atoms. The molecule has 116 valence electrons. The lowest BCUT2D eigenvalue weighted by atomic mass is 9.89. The fourth-order valence-corrected chi connectivity index (χ4v) is 4.01. The zero-order valence-corrected chi connectivity index (χ0v) is 12.4. The first kappa shape index (κ1) is 14.8. The van der Waals surface area contributed by atoms with E-state index in [4.69, 9.17) is 10.5 Å². The molecule has 1 aromatic rings. The number of nitrogens with two attached hydrogens (primary N) is 1. The summed E-state index contributed by atoms with van der Waals surface area (Å²) < 4.78 is 33.5. The molecule has 2 fully saturated rings. The van der Waals surface area contributed by atoms with Gasteiger partial charge in [0.2, 0.25) is 0 Å². The average Bonchev–Trinajstić information content (AvgIpc) is 2.99. The fourth-order valence-electron chi connectivity index (χ4n) is 4.01. The van der Waals surface area contributed by atoms with Crippen molar-refractivity contribution in [3.8, 4) is 5.75 Å². The van der Waals surface area contributed by atoms with Crippen LogP contribution in [0.1, 0.15) is 38.2 Å². The summed E-state index contributed by atoms with van der Waals surface area (Å²) in [4.78, 5) is 0. The van der Waals surface area contributed by atoms with Crippen molar-refractivity contribution < 1.29 is 13.5 Å². The highest BCUT2D eigenvalue weighted by Gasteiger charge is 2.39. The Bertz CT molecular complexity index is 495. The SMILES string of the molecule is CC(N)Cc1cc(F)c(OCC2CC3CCC2C3)c(F)c1. The molecule has 2 bridgehead atoms. The number of rotatable bonds is 5. The number of benzene rings is 1. The van der Waals surface area contributed by atoms with E-state index >= 15 is 0 Å². The number of fused-ring (bicyclic) bond motifs is 2. The van der Waals surface area contributed by atoms with E-state index < -0.39 is 11.6 Å². The van der Waals surface area contributed by atoms with E-state index in [1.165, 1.54) is 31.4 Å². The van der Waals surface area contributed by atoms with Gasteiger partial charge in [0.25, 0.3) is 0 Å². The lowest BCUT2D eigenvalue weighted by Crippen LogP contribution is -2.20. The Labute approximate surface area is 124 Å². The van der Waals surface area contributed by atoms with Gasteiger partial charge in [-0.1, -0.05) is 6.42 Å². The summed E-state index contributed by atoms with van der Waals surface area (Å²) >= 11 is 0. The minimum atomic E-state index is -0.617. The third kappa shape index (κ3) is 3.20. The van der Waals surface area contributed by atoms with Gasteiger partial charge in [0.15, 0.2) is 17.4 Å². The maximum absolute atomic E-state index is 14.0. The molecule has 2 saturated carbocycles. The van der Waals surface area contributed by atoms with Crippen molar-refractivity contribution in [2.45, 2.75) is 45.1 Å². The third-order valence-electron chi connectivity index (χ3n) is 4.94. The van der Waals surface area contributed by atoms with Gasteiger partial charge in [0, 0.05) is 6.04 Å². The highest BCUT2D eigenvalue weighted by atomic mass is 19.1. The van der Waals surface area contributed by atoms with E-state index in [9.17, 15) is 8.78 Å². The van der Waals surface area contributed by atoms with E-state index in [1.807, 2.05) is 6.92 Å². The Morgan fingerprint density at radius 1 is 1.24 bits per heavy atom. The molecule has 0 aromatic heterocycles. The largest absolute Gasteiger partial charge is 0.487 e. The second-order valence-electron chi connectivity index (χ2n) is 6.82. The minimum absolute atomic E-state index is 0.121. The normalized spacial score (nSPS) is 28.9. The monoisotopic (exact) mass is 295 g/mol. The molecular formula is C17H23F2NO. The van der Waals surface area contributed by atoms with Crippen molar-refractivity contribution in [2.24, 2.45) is 23.5 Å². The van der Waals surface area contributed by atoms with Crippen molar-refractivity contribution in [3.05, 3.63) is 29.3 Å². The van der Waals surface area contributed by atoms with Crippen LogP contribution in [0, 0.1) is 29.4 Å². The molecule has 2 aliphatic rings. The molecule has 4 heteroatoms. The van der Waals surface area contributed by atoms with Gasteiger partial charge in [-0.25, -0.2) is 8.78 Å². The summed E-state index contributed by atoms with van der Waals surface area (Å²) in [5, 5.41) is 0. The molecule has 0 radical (unpaired) electrons. The van der Waals surface area contributed by atoms with Crippen LogP contribution in [0.25, 0.3) is 0 Å². The number of ether oxygens (including phenoxy) is 1. The molecule has 0 amide bonds. The molecule has 2 N–H and O–H groups in total. The van der Waals surface area contributed by atoms with E-state index in [-0.39, 0.29) is 11.8 Å². The molecular weight excluding hydrogens is 272 g/mol. The van der Waals surface area contributed by atoms with Gasteiger partial charge in [-0.2, -0.15) is 0 Å². The minimum Gasteiger partial charge on any atom is -0.487 e. The molecule has 3 rings (SSSR count). The standard InChI is InChI=1S/C17H23F2NO/c1-10(20)4-12-7-15(18)17(16(19)8-12)21-9-14-6-11-2-3-13(14)5-11/h7-8,10-11,13-14H,2-6,9,20H2,1H3. The maximum atomic E-state index is 14.0. The van der Waals surface area contributed by atoms with E-state index in [1.54, 1.807) is 0 Å². The van der Waals surface area contributed by atoms with Crippen LogP contribution in [-0.4, -0.2) is 12.6 Å². The van der Waals surface area contributed by atoms with Crippen LogP contribution in [0.3, 0.4) is 0 Å². The second kappa shape index (κ2) is 5.91. The van der Waals surface area contributed by atoms with E-state index in [0.29, 0.717) is 30.4 Å². The van der Waals surface area contributed by atoms with Gasteiger partial charge in [0.1, 0.15) is 0 Å². The Morgan fingerprint density at radius 3 is 2.48 bits per heavy atom. The Hall–Kier alpha value is -1.16. The van der Waals surface area contributed by atoms with E-state index in [2.05, 4.69) is 0 Å². The van der Waals surface area contributed by atoms with Crippen molar-refractivity contribution in [3.63, 3.8) is 0 Å².